The van der Waals surface area contributed by atoms with Crippen molar-refractivity contribution in [2.75, 3.05) is 57.1 Å². The van der Waals surface area contributed by atoms with E-state index in [9.17, 15) is 32.7 Å². The Kier molecular flexibility index (Phi) is 13.1. The fourth-order valence-corrected chi connectivity index (χ4v) is 11.3. The number of piperazine rings is 1. The van der Waals surface area contributed by atoms with E-state index in [0.29, 0.717) is 34.6 Å². The number of likely N-dealkylation sites (tertiary alicyclic amines) is 1. The summed E-state index contributed by atoms with van der Waals surface area (Å²) in [6.45, 7) is 10.2. The van der Waals surface area contributed by atoms with Crippen molar-refractivity contribution in [1.82, 2.24) is 34.3 Å². The number of alkyl halides is 3. The first-order valence-electron chi connectivity index (χ1n) is 24.6. The minimum absolute atomic E-state index is 0.0336. The summed E-state index contributed by atoms with van der Waals surface area (Å²) in [5.41, 5.74) is 4.94. The summed E-state index contributed by atoms with van der Waals surface area (Å²) in [5.74, 6) is -1.73. The number of hydrogen-bond acceptors (Lipinski definition) is 14. The molecule has 2 saturated heterocycles. The third kappa shape index (κ3) is 8.53. The number of carbonyl (C=O) groups is 2. The zero-order valence-corrected chi connectivity index (χ0v) is 42.4. The lowest BCUT2D eigenvalue weighted by Gasteiger charge is -2.41. The van der Waals surface area contributed by atoms with Crippen LogP contribution < -0.4 is 25.7 Å². The molecule has 4 aliphatic heterocycles. The number of cyclic esters (lactones) is 1. The van der Waals surface area contributed by atoms with E-state index in [2.05, 4.69) is 14.9 Å². The largest absolute Gasteiger partial charge is 0.489 e. The molecule has 10 rings (SSSR count). The summed E-state index contributed by atoms with van der Waals surface area (Å²) in [5, 5.41) is 11.9. The van der Waals surface area contributed by atoms with Gasteiger partial charge in [-0.1, -0.05) is 31.5 Å². The van der Waals surface area contributed by atoms with E-state index in [0.717, 1.165) is 42.0 Å². The van der Waals surface area contributed by atoms with Crippen molar-refractivity contribution in [3.63, 3.8) is 0 Å². The molecule has 0 saturated carbocycles. The number of hydrogen-bond donors (Lipinski definition) is 2. The molecule has 74 heavy (non-hydrogen) atoms. The number of ether oxygens (including phenoxy) is 3. The van der Waals surface area contributed by atoms with Gasteiger partial charge in [0.2, 0.25) is 0 Å². The van der Waals surface area contributed by atoms with Crippen LogP contribution in [0.5, 0.6) is 11.8 Å². The van der Waals surface area contributed by atoms with Gasteiger partial charge in [-0.3, -0.25) is 9.59 Å². The molecule has 16 nitrogen and oxygen atoms in total. The number of anilines is 2. The average Bonchev–Trinajstić information content (AvgIpc) is 3.96. The highest BCUT2D eigenvalue weighted by molar-refractivity contribution is 6.34. The maximum atomic E-state index is 17.1. The second-order valence-electron chi connectivity index (χ2n) is 19.4. The van der Waals surface area contributed by atoms with Crippen LogP contribution in [0.1, 0.15) is 80.3 Å². The van der Waals surface area contributed by atoms with E-state index in [1.807, 2.05) is 37.9 Å². The quantitative estimate of drug-likeness (QED) is 0.0723. The maximum absolute atomic E-state index is 17.1. The predicted molar refractivity (Wildman–Crippen MR) is 270 cm³/mol. The Morgan fingerprint density at radius 3 is 2.50 bits per heavy atom. The van der Waals surface area contributed by atoms with Crippen molar-refractivity contribution in [3.8, 4) is 34.4 Å². The summed E-state index contributed by atoms with van der Waals surface area (Å²) in [6, 6.07) is 8.98. The van der Waals surface area contributed by atoms with Crippen LogP contribution in [0.25, 0.3) is 44.5 Å². The van der Waals surface area contributed by atoms with Gasteiger partial charge in [-0.15, -0.1) is 0 Å². The first-order valence-corrected chi connectivity index (χ1v) is 25.0. The predicted octanol–water partition coefficient (Wildman–Crippen LogP) is 7.88. The number of halogens is 5. The molecule has 3 atom stereocenters. The molecule has 3 N–H and O–H groups in total. The van der Waals surface area contributed by atoms with Gasteiger partial charge in [0.05, 0.1) is 56.4 Å². The van der Waals surface area contributed by atoms with Crippen LogP contribution in [0.15, 0.2) is 52.8 Å². The van der Waals surface area contributed by atoms with Crippen LogP contribution in [-0.2, 0) is 45.7 Å². The molecule has 0 aliphatic carbocycles. The number of amides is 1. The van der Waals surface area contributed by atoms with E-state index < -0.39 is 46.4 Å². The van der Waals surface area contributed by atoms with Crippen molar-refractivity contribution in [2.24, 2.45) is 0 Å². The number of allylic oxidation sites excluding steroid dienone is 1. The normalized spacial score (nSPS) is 20.0. The molecule has 388 valence electrons. The summed E-state index contributed by atoms with van der Waals surface area (Å²) in [4.78, 5) is 64.6. The average molecular weight is 1040 g/mol. The molecule has 0 bridgehead atoms. The van der Waals surface area contributed by atoms with Crippen LogP contribution in [0.3, 0.4) is 0 Å². The number of likely N-dealkylation sites (N-methyl/N-ethyl adjacent to an activating group) is 1. The number of esters is 1. The SMILES string of the molecule is C/C=C(\COc1ccc2nc3c(c(CC)c2c1)Cn1c-3cc2c(c1=O)COC(=O)[C@]2(O)CC)C(=O)N1CCN(c2nc(OC[C@@H]3CCCN3C)nc3c(F)c(-c4nc(N)cc(C)c4C(F)(F)F)c(Cl)cc23)[C@@H](C)C1. The Hall–Kier alpha value is -6.90. The molecule has 1 amide bonds. The summed E-state index contributed by atoms with van der Waals surface area (Å²) < 4.78 is 80.0. The monoisotopic (exact) mass is 1040 g/mol. The van der Waals surface area contributed by atoms with Gasteiger partial charge in [-0.2, -0.15) is 23.1 Å². The van der Waals surface area contributed by atoms with Gasteiger partial charge in [0.25, 0.3) is 11.5 Å². The van der Waals surface area contributed by atoms with Gasteiger partial charge in [0, 0.05) is 53.6 Å². The van der Waals surface area contributed by atoms with Crippen molar-refractivity contribution < 1.29 is 46.5 Å². The number of aryl methyl sites for hydroxylation is 2. The molecule has 6 aromatic rings. The van der Waals surface area contributed by atoms with E-state index >= 15 is 4.39 Å². The molecule has 8 heterocycles. The zero-order chi connectivity index (χ0) is 52.7. The number of carbonyl (C=O) groups excluding carboxylic acids is 2. The second kappa shape index (κ2) is 19.1. The van der Waals surface area contributed by atoms with E-state index in [-0.39, 0.29) is 120 Å². The Balaban J connectivity index is 0.898. The molecule has 0 unspecified atom stereocenters. The number of aromatic nitrogens is 5. The highest BCUT2D eigenvalue weighted by atomic mass is 35.5. The Labute approximate surface area is 427 Å². The molecular formula is C53H54ClF4N9O7. The van der Waals surface area contributed by atoms with Gasteiger partial charge in [0.1, 0.15) is 42.7 Å². The number of nitrogens with two attached hydrogens (primary N) is 1. The Morgan fingerprint density at radius 2 is 1.81 bits per heavy atom. The van der Waals surface area contributed by atoms with Crippen molar-refractivity contribution in [2.45, 2.75) is 97.3 Å². The third-order valence-electron chi connectivity index (χ3n) is 15.0. The van der Waals surface area contributed by atoms with Crippen LogP contribution in [0, 0.1) is 12.7 Å². The van der Waals surface area contributed by atoms with Crippen LogP contribution >= 0.6 is 11.6 Å². The molecule has 0 spiro atoms. The molecular weight excluding hydrogens is 986 g/mol. The number of fused-ring (bicyclic) bond motifs is 6. The summed E-state index contributed by atoms with van der Waals surface area (Å²) >= 11 is 6.73. The van der Waals surface area contributed by atoms with Crippen molar-refractivity contribution in [1.29, 1.82) is 0 Å². The zero-order valence-electron chi connectivity index (χ0n) is 41.6. The highest BCUT2D eigenvalue weighted by Crippen LogP contribution is 2.46. The number of aliphatic hydroxyl groups is 1. The fraction of sp³-hybridized carbons (Fsp3) is 0.415. The summed E-state index contributed by atoms with van der Waals surface area (Å²) in [7, 11) is 1.97. The topological polar surface area (TPSA) is 191 Å². The number of nitrogen functional groups attached to an aromatic ring is 1. The van der Waals surface area contributed by atoms with E-state index in [4.69, 9.17) is 41.5 Å². The second-order valence-corrected chi connectivity index (χ2v) is 19.8. The number of pyridine rings is 3. The van der Waals surface area contributed by atoms with E-state index in [1.54, 1.807) is 41.5 Å². The maximum Gasteiger partial charge on any atom is 0.418 e. The lowest BCUT2D eigenvalue weighted by atomic mass is 9.86. The standard InChI is InChI=1S/C53H54ClF4N9O7/c1-7-28(23-72-30-12-13-38-32(18-30)31(8-2)34-22-67-39(44(34)60-38)20-36-35(49(67)69)25-73-50(70)52(36,71)9-3)48(68)65-15-16-66(27(5)21-65)47-33-19-37(54)41(46-42(53(56,57)58)26(4)17-40(59)61-46)43(55)45(33)62-51(63-47)74-24-29-11-10-14-64(29)6/h7,12-13,17-20,27,29,71H,8-11,14-16,21-25H2,1-6H3,(H2,59,61)/b28-7+/t27-,29-,52-/m0/s1. The van der Waals surface area contributed by atoms with Crippen LogP contribution in [0.4, 0.5) is 29.2 Å². The van der Waals surface area contributed by atoms with Gasteiger partial charge in [-0.25, -0.2) is 19.2 Å². The van der Waals surface area contributed by atoms with Gasteiger partial charge in [-0.05, 0) is 108 Å². The fourth-order valence-electron chi connectivity index (χ4n) is 11.0. The minimum atomic E-state index is -4.92. The first kappa shape index (κ1) is 50.6. The molecule has 2 fully saturated rings. The van der Waals surface area contributed by atoms with Crippen LogP contribution in [0.2, 0.25) is 5.02 Å². The van der Waals surface area contributed by atoms with Crippen molar-refractivity contribution in [3.05, 3.63) is 103 Å². The van der Waals surface area contributed by atoms with Gasteiger partial charge >= 0.3 is 18.2 Å². The molecule has 0 radical (unpaired) electrons. The molecule has 4 aromatic heterocycles. The van der Waals surface area contributed by atoms with Crippen molar-refractivity contribution >= 4 is 56.9 Å². The number of benzene rings is 2. The number of nitrogens with zero attached hydrogens (tertiary/aromatic N) is 8. The van der Waals surface area contributed by atoms with Crippen LogP contribution in [-0.4, -0.2) is 110 Å². The van der Waals surface area contributed by atoms with Gasteiger partial charge in [0.15, 0.2) is 11.4 Å². The lowest BCUT2D eigenvalue weighted by Crippen LogP contribution is -2.54. The third-order valence-corrected chi connectivity index (χ3v) is 15.3. The molecule has 4 aliphatic rings. The number of rotatable bonds is 11. The van der Waals surface area contributed by atoms with Gasteiger partial charge < -0.3 is 44.3 Å². The smallest absolute Gasteiger partial charge is 0.418 e. The highest BCUT2D eigenvalue weighted by Gasteiger charge is 2.46. The lowest BCUT2D eigenvalue weighted by molar-refractivity contribution is -0.172. The van der Waals surface area contributed by atoms with E-state index in [1.165, 1.54) is 13.0 Å². The molecule has 21 heteroatoms. The first-order chi connectivity index (χ1) is 35.3. The Morgan fingerprint density at radius 1 is 1.03 bits per heavy atom. The minimum Gasteiger partial charge on any atom is -0.489 e. The Bertz CT molecular complexity index is 3420. The summed E-state index contributed by atoms with van der Waals surface area (Å²) in [6.07, 6.45) is -0.771. The molecule has 2 aromatic carbocycles.